The molecule has 2 aromatic rings. The number of aromatic nitrogens is 2. The third kappa shape index (κ3) is 4.42. The molecule has 2 rings (SSSR count). The lowest BCUT2D eigenvalue weighted by Crippen LogP contribution is -2.32. The summed E-state index contributed by atoms with van der Waals surface area (Å²) in [6.07, 6.45) is 1.26. The Labute approximate surface area is 137 Å². The summed E-state index contributed by atoms with van der Waals surface area (Å²) in [5.74, 6) is -0.502. The molecular formula is C16H18N4O4. The number of hydrogen-bond donors (Lipinski definition) is 2. The maximum Gasteiger partial charge on any atom is 0.328 e. The Kier molecular flexibility index (Phi) is 5.31. The lowest BCUT2D eigenvalue weighted by molar-refractivity contribution is -0.128. The van der Waals surface area contributed by atoms with Gasteiger partial charge >= 0.3 is 5.69 Å². The Bertz CT molecular complexity index is 869. The molecule has 1 aromatic carbocycles. The molecule has 0 atom stereocenters. The smallest absolute Gasteiger partial charge is 0.328 e. The van der Waals surface area contributed by atoms with E-state index in [2.05, 4.69) is 10.3 Å². The van der Waals surface area contributed by atoms with Crippen LogP contribution in [0.3, 0.4) is 0 Å². The number of carbonyl (C=O) groups is 2. The molecule has 126 valence electrons. The van der Waals surface area contributed by atoms with Crippen molar-refractivity contribution >= 4 is 17.5 Å². The number of hydrogen-bond acceptors (Lipinski definition) is 4. The summed E-state index contributed by atoms with van der Waals surface area (Å²) in [4.78, 5) is 49.7. The van der Waals surface area contributed by atoms with Crippen LogP contribution in [0.1, 0.15) is 12.5 Å². The van der Waals surface area contributed by atoms with E-state index in [9.17, 15) is 19.2 Å². The van der Waals surface area contributed by atoms with E-state index < -0.39 is 17.2 Å². The van der Waals surface area contributed by atoms with Gasteiger partial charge < -0.3 is 10.2 Å². The van der Waals surface area contributed by atoms with Crippen molar-refractivity contribution in [1.29, 1.82) is 0 Å². The molecule has 8 heteroatoms. The molecule has 2 N–H and O–H groups in total. The number of anilines is 1. The van der Waals surface area contributed by atoms with Crippen LogP contribution in [0.2, 0.25) is 0 Å². The van der Waals surface area contributed by atoms with E-state index in [0.29, 0.717) is 12.2 Å². The number of amides is 2. The summed E-state index contributed by atoms with van der Waals surface area (Å²) < 4.78 is 1.10. The molecule has 0 aliphatic rings. The van der Waals surface area contributed by atoms with Gasteiger partial charge in [0.25, 0.3) is 5.56 Å². The minimum Gasteiger partial charge on any atom is -0.342 e. The van der Waals surface area contributed by atoms with Gasteiger partial charge in [-0.1, -0.05) is 18.2 Å². The quantitative estimate of drug-likeness (QED) is 0.814. The summed E-state index contributed by atoms with van der Waals surface area (Å²) in [5, 5.41) is 2.72. The third-order valence-corrected chi connectivity index (χ3v) is 3.45. The van der Waals surface area contributed by atoms with Crippen molar-refractivity contribution in [3.05, 3.63) is 62.9 Å². The maximum absolute atomic E-state index is 12.1. The number of H-pyrrole nitrogens is 1. The summed E-state index contributed by atoms with van der Waals surface area (Å²) in [5.41, 5.74) is 0.168. The van der Waals surface area contributed by atoms with Gasteiger partial charge in [0.1, 0.15) is 6.54 Å². The summed E-state index contributed by atoms with van der Waals surface area (Å²) in [6, 6.07) is 8.27. The number of nitrogens with one attached hydrogen (secondary N) is 2. The largest absolute Gasteiger partial charge is 0.342 e. The van der Waals surface area contributed by atoms with E-state index in [4.69, 9.17) is 0 Å². The van der Waals surface area contributed by atoms with Gasteiger partial charge in [-0.25, -0.2) is 4.79 Å². The number of nitrogens with zero attached hydrogens (tertiary/aromatic N) is 2. The lowest BCUT2D eigenvalue weighted by Gasteiger charge is -2.18. The summed E-state index contributed by atoms with van der Waals surface area (Å²) in [6.45, 7) is 1.58. The van der Waals surface area contributed by atoms with Gasteiger partial charge in [-0.3, -0.25) is 23.9 Å². The fourth-order valence-electron chi connectivity index (χ4n) is 2.06. The van der Waals surface area contributed by atoms with Crippen LogP contribution in [0, 0.1) is 0 Å². The average molecular weight is 330 g/mol. The highest BCUT2D eigenvalue weighted by Crippen LogP contribution is 2.16. The van der Waals surface area contributed by atoms with Crippen LogP contribution in [-0.4, -0.2) is 33.3 Å². The monoisotopic (exact) mass is 330 g/mol. The van der Waals surface area contributed by atoms with Crippen molar-refractivity contribution in [2.45, 2.75) is 20.0 Å². The third-order valence-electron chi connectivity index (χ3n) is 3.45. The van der Waals surface area contributed by atoms with Crippen molar-refractivity contribution in [2.24, 2.45) is 0 Å². The van der Waals surface area contributed by atoms with Crippen LogP contribution < -0.4 is 16.6 Å². The van der Waals surface area contributed by atoms with Crippen LogP contribution in [0.25, 0.3) is 0 Å². The second-order valence-corrected chi connectivity index (χ2v) is 5.32. The molecule has 0 radical (unpaired) electrons. The van der Waals surface area contributed by atoms with Gasteiger partial charge in [0.15, 0.2) is 0 Å². The minimum absolute atomic E-state index is 0.0871. The van der Waals surface area contributed by atoms with Crippen LogP contribution in [0.5, 0.6) is 0 Å². The standard InChI is InChI=1S/C16H18N4O4/c1-11(21)19(2)9-12-5-3-4-6-13(12)17-15(23)10-20-8-7-14(22)18-16(20)24/h3-8H,9-10H2,1-2H3,(H,17,23)(H,18,22,24). The molecule has 1 aromatic heterocycles. The number of rotatable bonds is 5. The topological polar surface area (TPSA) is 104 Å². The van der Waals surface area contributed by atoms with Crippen molar-refractivity contribution in [2.75, 3.05) is 12.4 Å². The number of para-hydroxylation sites is 1. The Morgan fingerprint density at radius 3 is 2.58 bits per heavy atom. The summed E-state index contributed by atoms with van der Waals surface area (Å²) >= 11 is 0. The number of benzene rings is 1. The van der Waals surface area contributed by atoms with Crippen LogP contribution in [-0.2, 0) is 22.7 Å². The van der Waals surface area contributed by atoms with E-state index >= 15 is 0 Å². The van der Waals surface area contributed by atoms with Gasteiger partial charge in [-0.2, -0.15) is 0 Å². The normalized spacial score (nSPS) is 10.2. The average Bonchev–Trinajstić information content (AvgIpc) is 2.52. The van der Waals surface area contributed by atoms with E-state index in [1.54, 1.807) is 25.2 Å². The highest BCUT2D eigenvalue weighted by Gasteiger charge is 2.11. The van der Waals surface area contributed by atoms with Crippen molar-refractivity contribution in [3.8, 4) is 0 Å². The highest BCUT2D eigenvalue weighted by atomic mass is 16.2. The zero-order valence-corrected chi connectivity index (χ0v) is 13.4. The molecule has 0 spiro atoms. The molecule has 0 fully saturated rings. The molecule has 8 nitrogen and oxygen atoms in total. The van der Waals surface area contributed by atoms with Crippen LogP contribution in [0.4, 0.5) is 5.69 Å². The van der Waals surface area contributed by atoms with Gasteiger partial charge in [0, 0.05) is 38.5 Å². The molecule has 0 saturated carbocycles. The molecule has 0 saturated heterocycles. The first-order valence-corrected chi connectivity index (χ1v) is 7.26. The zero-order chi connectivity index (χ0) is 17.7. The fourth-order valence-corrected chi connectivity index (χ4v) is 2.06. The molecular weight excluding hydrogens is 312 g/mol. The molecule has 24 heavy (non-hydrogen) atoms. The van der Waals surface area contributed by atoms with Crippen molar-refractivity contribution < 1.29 is 9.59 Å². The lowest BCUT2D eigenvalue weighted by atomic mass is 10.1. The van der Waals surface area contributed by atoms with Crippen molar-refractivity contribution in [1.82, 2.24) is 14.5 Å². The molecule has 0 bridgehead atoms. The summed E-state index contributed by atoms with van der Waals surface area (Å²) in [7, 11) is 1.67. The first kappa shape index (κ1) is 17.2. The van der Waals surface area contributed by atoms with E-state index in [1.807, 2.05) is 6.07 Å². The Hall–Kier alpha value is -3.16. The van der Waals surface area contributed by atoms with Crippen molar-refractivity contribution in [3.63, 3.8) is 0 Å². The van der Waals surface area contributed by atoms with Gasteiger partial charge in [0.05, 0.1) is 0 Å². The van der Waals surface area contributed by atoms with Gasteiger partial charge in [-0.05, 0) is 11.6 Å². The second-order valence-electron chi connectivity index (χ2n) is 5.32. The Morgan fingerprint density at radius 2 is 1.92 bits per heavy atom. The first-order valence-electron chi connectivity index (χ1n) is 7.26. The van der Waals surface area contributed by atoms with Gasteiger partial charge in [0.2, 0.25) is 11.8 Å². The SMILES string of the molecule is CC(=O)N(C)Cc1ccccc1NC(=O)Cn1ccc(=O)[nH]c1=O. The Balaban J connectivity index is 2.13. The molecule has 1 heterocycles. The molecule has 0 aliphatic heterocycles. The van der Waals surface area contributed by atoms with Crippen LogP contribution in [0.15, 0.2) is 46.1 Å². The fraction of sp³-hybridized carbons (Fsp3) is 0.250. The van der Waals surface area contributed by atoms with Gasteiger partial charge in [-0.15, -0.1) is 0 Å². The maximum atomic E-state index is 12.1. The van der Waals surface area contributed by atoms with E-state index in [0.717, 1.165) is 10.1 Å². The highest BCUT2D eigenvalue weighted by molar-refractivity contribution is 5.91. The first-order chi connectivity index (χ1) is 11.4. The molecule has 2 amide bonds. The predicted molar refractivity (Wildman–Crippen MR) is 88.5 cm³/mol. The predicted octanol–water partition coefficient (Wildman–Crippen LogP) is 0.154. The number of aromatic amines is 1. The number of carbonyl (C=O) groups excluding carboxylic acids is 2. The van der Waals surface area contributed by atoms with E-state index in [1.165, 1.54) is 24.1 Å². The minimum atomic E-state index is -0.651. The molecule has 0 aliphatic carbocycles. The second kappa shape index (κ2) is 7.40. The van der Waals surface area contributed by atoms with E-state index in [-0.39, 0.29) is 12.5 Å². The molecule has 0 unspecified atom stereocenters. The van der Waals surface area contributed by atoms with Crippen LogP contribution >= 0.6 is 0 Å². The zero-order valence-electron chi connectivity index (χ0n) is 13.4. The Morgan fingerprint density at radius 1 is 1.21 bits per heavy atom.